The van der Waals surface area contributed by atoms with Crippen molar-refractivity contribution in [2.75, 3.05) is 13.1 Å². The Labute approximate surface area is 118 Å². The summed E-state index contributed by atoms with van der Waals surface area (Å²) in [5.41, 5.74) is 0.936. The highest BCUT2D eigenvalue weighted by Crippen LogP contribution is 2.25. The predicted octanol–water partition coefficient (Wildman–Crippen LogP) is 1.85. The van der Waals surface area contributed by atoms with E-state index in [4.69, 9.17) is 5.11 Å². The van der Waals surface area contributed by atoms with Gasteiger partial charge in [-0.3, -0.25) is 9.69 Å². The van der Waals surface area contributed by atoms with Gasteiger partial charge in [0, 0.05) is 18.6 Å². The zero-order valence-corrected chi connectivity index (χ0v) is 11.7. The number of carbonyl (C=O) groups is 1. The molecule has 4 nitrogen and oxygen atoms in total. The summed E-state index contributed by atoms with van der Waals surface area (Å²) >= 11 is 0. The van der Waals surface area contributed by atoms with E-state index in [-0.39, 0.29) is 12.4 Å². The SMILES string of the molecule is CCN(CC(=O)O)C1CC(NCc2cccc(F)c2)C1. The largest absolute Gasteiger partial charge is 0.480 e. The summed E-state index contributed by atoms with van der Waals surface area (Å²) in [7, 11) is 0. The molecule has 0 amide bonds. The van der Waals surface area contributed by atoms with Crippen molar-refractivity contribution in [3.8, 4) is 0 Å². The highest BCUT2D eigenvalue weighted by atomic mass is 19.1. The molecular weight excluding hydrogens is 259 g/mol. The van der Waals surface area contributed by atoms with Crippen molar-refractivity contribution < 1.29 is 14.3 Å². The van der Waals surface area contributed by atoms with E-state index in [2.05, 4.69) is 5.32 Å². The molecule has 0 aromatic heterocycles. The van der Waals surface area contributed by atoms with Gasteiger partial charge in [-0.05, 0) is 37.1 Å². The first-order valence-corrected chi connectivity index (χ1v) is 7.02. The molecule has 0 unspecified atom stereocenters. The van der Waals surface area contributed by atoms with Crippen molar-refractivity contribution in [1.29, 1.82) is 0 Å². The van der Waals surface area contributed by atoms with Crippen LogP contribution in [0.5, 0.6) is 0 Å². The standard InChI is InChI=1S/C15H21FN2O2/c1-2-18(10-15(19)20)14-7-13(8-14)17-9-11-4-3-5-12(16)6-11/h3-6,13-14,17H,2,7-10H2,1H3,(H,19,20). The van der Waals surface area contributed by atoms with Crippen molar-refractivity contribution in [1.82, 2.24) is 10.2 Å². The Morgan fingerprint density at radius 2 is 2.25 bits per heavy atom. The third kappa shape index (κ3) is 4.02. The minimum absolute atomic E-state index is 0.109. The smallest absolute Gasteiger partial charge is 0.317 e. The Morgan fingerprint density at radius 1 is 1.50 bits per heavy atom. The molecule has 2 rings (SSSR count). The van der Waals surface area contributed by atoms with E-state index in [1.165, 1.54) is 12.1 Å². The molecule has 0 aliphatic heterocycles. The molecule has 0 saturated heterocycles. The first kappa shape index (κ1) is 14.9. The molecule has 1 fully saturated rings. The zero-order valence-electron chi connectivity index (χ0n) is 11.7. The summed E-state index contributed by atoms with van der Waals surface area (Å²) in [6, 6.07) is 7.32. The van der Waals surface area contributed by atoms with Crippen molar-refractivity contribution in [3.63, 3.8) is 0 Å². The van der Waals surface area contributed by atoms with E-state index in [1.807, 2.05) is 17.9 Å². The lowest BCUT2D eigenvalue weighted by molar-refractivity contribution is -0.139. The molecule has 5 heteroatoms. The molecule has 0 atom stereocenters. The monoisotopic (exact) mass is 280 g/mol. The number of hydrogen-bond acceptors (Lipinski definition) is 3. The van der Waals surface area contributed by atoms with Crippen LogP contribution >= 0.6 is 0 Å². The van der Waals surface area contributed by atoms with E-state index in [0.717, 1.165) is 24.9 Å². The summed E-state index contributed by atoms with van der Waals surface area (Å²) in [5.74, 6) is -0.988. The number of hydrogen-bond donors (Lipinski definition) is 2. The number of likely N-dealkylation sites (N-methyl/N-ethyl adjacent to an activating group) is 1. The lowest BCUT2D eigenvalue weighted by atomic mass is 9.85. The fourth-order valence-corrected chi connectivity index (χ4v) is 2.63. The third-order valence-electron chi connectivity index (χ3n) is 3.86. The second kappa shape index (κ2) is 6.81. The predicted molar refractivity (Wildman–Crippen MR) is 74.9 cm³/mol. The maximum Gasteiger partial charge on any atom is 0.317 e. The number of halogens is 1. The van der Waals surface area contributed by atoms with E-state index in [0.29, 0.717) is 18.6 Å². The van der Waals surface area contributed by atoms with Gasteiger partial charge in [-0.15, -0.1) is 0 Å². The third-order valence-corrected chi connectivity index (χ3v) is 3.86. The molecular formula is C15H21FN2O2. The Hall–Kier alpha value is -1.46. The molecule has 1 saturated carbocycles. The summed E-state index contributed by atoms with van der Waals surface area (Å²) in [6.07, 6.45) is 1.91. The summed E-state index contributed by atoms with van der Waals surface area (Å²) in [5, 5.41) is 12.2. The van der Waals surface area contributed by atoms with Gasteiger partial charge < -0.3 is 10.4 Å². The minimum atomic E-state index is -0.775. The molecule has 0 radical (unpaired) electrons. The highest BCUT2D eigenvalue weighted by molar-refractivity contribution is 5.69. The summed E-state index contributed by atoms with van der Waals surface area (Å²) < 4.78 is 13.0. The number of carboxylic acids is 1. The molecule has 1 aliphatic rings. The maximum absolute atomic E-state index is 13.0. The second-order valence-electron chi connectivity index (χ2n) is 5.29. The van der Waals surface area contributed by atoms with Gasteiger partial charge in [-0.1, -0.05) is 19.1 Å². The summed E-state index contributed by atoms with van der Waals surface area (Å²) in [6.45, 7) is 3.50. The number of nitrogens with one attached hydrogen (secondary N) is 1. The number of aliphatic carboxylic acids is 1. The molecule has 1 aromatic carbocycles. The molecule has 2 N–H and O–H groups in total. The average molecular weight is 280 g/mol. The number of carboxylic acid groups (broad SMARTS) is 1. The van der Waals surface area contributed by atoms with Crippen LogP contribution in [0.25, 0.3) is 0 Å². The van der Waals surface area contributed by atoms with Crippen molar-refractivity contribution in [2.24, 2.45) is 0 Å². The van der Waals surface area contributed by atoms with Gasteiger partial charge in [-0.25, -0.2) is 4.39 Å². The van der Waals surface area contributed by atoms with Gasteiger partial charge in [0.2, 0.25) is 0 Å². The van der Waals surface area contributed by atoms with Crippen molar-refractivity contribution in [2.45, 2.75) is 38.4 Å². The van der Waals surface area contributed by atoms with Gasteiger partial charge in [0.15, 0.2) is 0 Å². The van der Waals surface area contributed by atoms with Gasteiger partial charge in [0.1, 0.15) is 5.82 Å². The molecule has 0 heterocycles. The number of rotatable bonds is 7. The van der Waals surface area contributed by atoms with E-state index >= 15 is 0 Å². The van der Waals surface area contributed by atoms with Crippen LogP contribution in [0, 0.1) is 5.82 Å². The van der Waals surface area contributed by atoms with E-state index in [9.17, 15) is 9.18 Å². The van der Waals surface area contributed by atoms with Crippen LogP contribution in [0.2, 0.25) is 0 Å². The second-order valence-corrected chi connectivity index (χ2v) is 5.29. The fraction of sp³-hybridized carbons (Fsp3) is 0.533. The lowest BCUT2D eigenvalue weighted by Crippen LogP contribution is -2.53. The normalized spacial score (nSPS) is 21.8. The molecule has 1 aromatic rings. The number of benzene rings is 1. The van der Waals surface area contributed by atoms with Crippen LogP contribution < -0.4 is 5.32 Å². The molecule has 110 valence electrons. The van der Waals surface area contributed by atoms with Gasteiger partial charge in [0.05, 0.1) is 6.54 Å². The van der Waals surface area contributed by atoms with Crippen molar-refractivity contribution in [3.05, 3.63) is 35.6 Å². The number of nitrogens with zero attached hydrogens (tertiary/aromatic N) is 1. The maximum atomic E-state index is 13.0. The van der Waals surface area contributed by atoms with Gasteiger partial charge in [0.25, 0.3) is 0 Å². The van der Waals surface area contributed by atoms with Crippen LogP contribution in [0.3, 0.4) is 0 Å². The van der Waals surface area contributed by atoms with E-state index in [1.54, 1.807) is 6.07 Å². The first-order chi connectivity index (χ1) is 9.58. The average Bonchev–Trinajstić information content (AvgIpc) is 2.35. The topological polar surface area (TPSA) is 52.6 Å². The van der Waals surface area contributed by atoms with Crippen molar-refractivity contribution >= 4 is 5.97 Å². The lowest BCUT2D eigenvalue weighted by Gasteiger charge is -2.42. The van der Waals surface area contributed by atoms with E-state index < -0.39 is 5.97 Å². The van der Waals surface area contributed by atoms with Crippen LogP contribution in [0.15, 0.2) is 24.3 Å². The Bertz CT molecular complexity index is 461. The Kier molecular flexibility index (Phi) is 5.09. The Morgan fingerprint density at radius 3 is 2.85 bits per heavy atom. The zero-order chi connectivity index (χ0) is 14.5. The van der Waals surface area contributed by atoms with Gasteiger partial charge in [-0.2, -0.15) is 0 Å². The van der Waals surface area contributed by atoms with Gasteiger partial charge >= 0.3 is 5.97 Å². The Balaban J connectivity index is 1.72. The molecule has 1 aliphatic carbocycles. The van der Waals surface area contributed by atoms with Crippen LogP contribution in [0.4, 0.5) is 4.39 Å². The quantitative estimate of drug-likeness (QED) is 0.800. The van der Waals surface area contributed by atoms with Crippen LogP contribution in [0.1, 0.15) is 25.3 Å². The highest BCUT2D eigenvalue weighted by Gasteiger charge is 2.33. The van der Waals surface area contributed by atoms with Crippen LogP contribution in [-0.2, 0) is 11.3 Å². The molecule has 0 spiro atoms. The molecule has 20 heavy (non-hydrogen) atoms. The van der Waals surface area contributed by atoms with Crippen LogP contribution in [-0.4, -0.2) is 41.1 Å². The molecule has 0 bridgehead atoms. The first-order valence-electron chi connectivity index (χ1n) is 7.02. The summed E-state index contributed by atoms with van der Waals surface area (Å²) in [4.78, 5) is 12.7. The minimum Gasteiger partial charge on any atom is -0.480 e. The fourth-order valence-electron chi connectivity index (χ4n) is 2.63.